The number of carbonyl (C=O) groups is 1. The number of hydrogen-bond donors (Lipinski definition) is 2. The van der Waals surface area contributed by atoms with Gasteiger partial charge in [0.1, 0.15) is 5.75 Å². The number of anilines is 2. The molecule has 2 aromatic carbocycles. The van der Waals surface area contributed by atoms with E-state index in [1.165, 1.54) is 11.3 Å². The predicted octanol–water partition coefficient (Wildman–Crippen LogP) is 4.68. The van der Waals surface area contributed by atoms with Crippen molar-refractivity contribution in [2.24, 2.45) is 0 Å². The van der Waals surface area contributed by atoms with Crippen molar-refractivity contribution in [2.75, 3.05) is 36.5 Å². The standard InChI is InChI=1S/C28H34N4O2/c33-28(14-9-23-6-2-1-3-7-23)31-25-10-12-26(13-11-25)32-19-15-24(16-20-32)30-18-5-21-34-27-8-4-17-29-22-27/h1-4,6-8,10-13,17,22,24,30H,5,9,14-16,18-21H2,(H,31,33). The molecule has 1 aliphatic rings. The van der Waals surface area contributed by atoms with E-state index in [0.717, 1.165) is 56.8 Å². The summed E-state index contributed by atoms with van der Waals surface area (Å²) in [5, 5.41) is 6.68. The SMILES string of the molecule is O=C(CCc1ccccc1)Nc1ccc(N2CCC(NCCCOc3cccnc3)CC2)cc1. The van der Waals surface area contributed by atoms with Gasteiger partial charge in [0.15, 0.2) is 0 Å². The molecule has 34 heavy (non-hydrogen) atoms. The first-order valence-corrected chi connectivity index (χ1v) is 12.2. The number of ether oxygens (including phenoxy) is 1. The Morgan fingerprint density at radius 1 is 1.00 bits per heavy atom. The Morgan fingerprint density at radius 2 is 1.79 bits per heavy atom. The van der Waals surface area contributed by atoms with E-state index < -0.39 is 0 Å². The fraction of sp³-hybridized carbons (Fsp3) is 0.357. The van der Waals surface area contributed by atoms with Gasteiger partial charge in [-0.2, -0.15) is 0 Å². The highest BCUT2D eigenvalue weighted by Gasteiger charge is 2.19. The minimum atomic E-state index is 0.0503. The molecule has 2 heterocycles. The molecule has 2 N–H and O–H groups in total. The van der Waals surface area contributed by atoms with Crippen LogP contribution in [0.15, 0.2) is 79.1 Å². The monoisotopic (exact) mass is 458 g/mol. The van der Waals surface area contributed by atoms with Crippen LogP contribution in [0.5, 0.6) is 5.75 Å². The number of rotatable bonds is 11. The number of amides is 1. The van der Waals surface area contributed by atoms with Crippen LogP contribution in [0.1, 0.15) is 31.2 Å². The molecule has 1 aromatic heterocycles. The van der Waals surface area contributed by atoms with Crippen molar-refractivity contribution >= 4 is 17.3 Å². The van der Waals surface area contributed by atoms with Crippen molar-refractivity contribution in [2.45, 2.75) is 38.1 Å². The summed E-state index contributed by atoms with van der Waals surface area (Å²) in [6.07, 6.45) is 7.97. The molecule has 0 bridgehead atoms. The van der Waals surface area contributed by atoms with Crippen LogP contribution in [0.2, 0.25) is 0 Å². The minimum Gasteiger partial charge on any atom is -0.492 e. The van der Waals surface area contributed by atoms with Gasteiger partial charge >= 0.3 is 0 Å². The molecule has 1 aliphatic heterocycles. The second-order valence-electron chi connectivity index (χ2n) is 8.69. The Morgan fingerprint density at radius 3 is 2.53 bits per heavy atom. The van der Waals surface area contributed by atoms with E-state index in [9.17, 15) is 4.79 Å². The highest BCUT2D eigenvalue weighted by Crippen LogP contribution is 2.22. The average Bonchev–Trinajstić information content (AvgIpc) is 2.89. The number of nitrogens with zero attached hydrogens (tertiary/aromatic N) is 2. The molecule has 3 aromatic rings. The van der Waals surface area contributed by atoms with Gasteiger partial charge in [0.05, 0.1) is 12.8 Å². The lowest BCUT2D eigenvalue weighted by Crippen LogP contribution is -2.43. The third-order valence-electron chi connectivity index (χ3n) is 6.15. The van der Waals surface area contributed by atoms with Gasteiger partial charge in [0, 0.05) is 43.1 Å². The molecule has 178 valence electrons. The highest BCUT2D eigenvalue weighted by molar-refractivity contribution is 5.91. The normalized spacial score (nSPS) is 14.1. The van der Waals surface area contributed by atoms with Crippen LogP contribution in [0.3, 0.4) is 0 Å². The molecule has 0 spiro atoms. The van der Waals surface area contributed by atoms with Gasteiger partial charge in [0.2, 0.25) is 5.91 Å². The van der Waals surface area contributed by atoms with Crippen molar-refractivity contribution in [1.82, 2.24) is 10.3 Å². The maximum absolute atomic E-state index is 12.3. The first kappa shape index (κ1) is 23.8. The van der Waals surface area contributed by atoms with Crippen molar-refractivity contribution in [3.8, 4) is 5.75 Å². The van der Waals surface area contributed by atoms with Gasteiger partial charge in [-0.15, -0.1) is 0 Å². The van der Waals surface area contributed by atoms with E-state index in [1.54, 1.807) is 12.4 Å². The molecule has 0 radical (unpaired) electrons. The Labute approximate surface area is 202 Å². The zero-order chi connectivity index (χ0) is 23.4. The highest BCUT2D eigenvalue weighted by atomic mass is 16.5. The van der Waals surface area contributed by atoms with E-state index in [4.69, 9.17) is 4.74 Å². The van der Waals surface area contributed by atoms with Gasteiger partial charge in [-0.05, 0) is 74.2 Å². The summed E-state index contributed by atoms with van der Waals surface area (Å²) in [5.74, 6) is 0.878. The smallest absolute Gasteiger partial charge is 0.224 e. The Hall–Kier alpha value is -3.38. The second kappa shape index (κ2) is 12.8. The largest absolute Gasteiger partial charge is 0.492 e. The fourth-order valence-electron chi connectivity index (χ4n) is 4.22. The van der Waals surface area contributed by atoms with Crippen LogP contribution in [0, 0.1) is 0 Å². The summed E-state index contributed by atoms with van der Waals surface area (Å²) in [6, 6.07) is 22.7. The molecule has 6 nitrogen and oxygen atoms in total. The summed E-state index contributed by atoms with van der Waals surface area (Å²) in [5.41, 5.74) is 3.25. The maximum Gasteiger partial charge on any atom is 0.224 e. The summed E-state index contributed by atoms with van der Waals surface area (Å²) in [7, 11) is 0. The van der Waals surface area contributed by atoms with E-state index in [1.807, 2.05) is 42.5 Å². The lowest BCUT2D eigenvalue weighted by atomic mass is 10.0. The molecular weight excluding hydrogens is 424 g/mol. The number of nitrogens with one attached hydrogen (secondary N) is 2. The lowest BCUT2D eigenvalue weighted by molar-refractivity contribution is -0.116. The molecule has 1 amide bonds. The van der Waals surface area contributed by atoms with Gasteiger partial charge in [0.25, 0.3) is 0 Å². The molecule has 1 saturated heterocycles. The van der Waals surface area contributed by atoms with Gasteiger partial charge in [-0.1, -0.05) is 30.3 Å². The van der Waals surface area contributed by atoms with Crippen molar-refractivity contribution in [3.05, 3.63) is 84.7 Å². The maximum atomic E-state index is 12.3. The van der Waals surface area contributed by atoms with Gasteiger partial charge < -0.3 is 20.3 Å². The molecule has 1 fully saturated rings. The topological polar surface area (TPSA) is 66.5 Å². The number of hydrogen-bond acceptors (Lipinski definition) is 5. The van der Waals surface area contributed by atoms with E-state index in [-0.39, 0.29) is 5.91 Å². The van der Waals surface area contributed by atoms with Crippen LogP contribution in [-0.4, -0.2) is 43.2 Å². The average molecular weight is 459 g/mol. The Balaban J connectivity index is 1.11. The van der Waals surface area contributed by atoms with Crippen molar-refractivity contribution < 1.29 is 9.53 Å². The lowest BCUT2D eigenvalue weighted by Gasteiger charge is -2.34. The second-order valence-corrected chi connectivity index (χ2v) is 8.69. The Bertz CT molecular complexity index is 988. The number of pyridine rings is 1. The van der Waals surface area contributed by atoms with Crippen LogP contribution in [-0.2, 0) is 11.2 Å². The number of carbonyl (C=O) groups excluding carboxylic acids is 1. The quantitative estimate of drug-likeness (QED) is 0.409. The zero-order valence-corrected chi connectivity index (χ0v) is 19.7. The van der Waals surface area contributed by atoms with Crippen molar-refractivity contribution in [3.63, 3.8) is 0 Å². The van der Waals surface area contributed by atoms with E-state index >= 15 is 0 Å². The molecule has 0 unspecified atom stereocenters. The first-order chi connectivity index (χ1) is 16.8. The zero-order valence-electron chi connectivity index (χ0n) is 19.7. The molecule has 0 saturated carbocycles. The molecule has 0 atom stereocenters. The molecular formula is C28H34N4O2. The molecule has 4 rings (SSSR count). The Kier molecular flexibility index (Phi) is 8.91. The van der Waals surface area contributed by atoms with Gasteiger partial charge in [-0.3, -0.25) is 9.78 Å². The van der Waals surface area contributed by atoms with E-state index in [0.29, 0.717) is 19.1 Å². The van der Waals surface area contributed by atoms with Crippen LogP contribution in [0.4, 0.5) is 11.4 Å². The summed E-state index contributed by atoms with van der Waals surface area (Å²) in [4.78, 5) is 18.8. The number of aryl methyl sites for hydroxylation is 1. The predicted molar refractivity (Wildman–Crippen MR) is 137 cm³/mol. The number of piperidine rings is 1. The first-order valence-electron chi connectivity index (χ1n) is 12.2. The molecule has 6 heteroatoms. The minimum absolute atomic E-state index is 0.0503. The van der Waals surface area contributed by atoms with Gasteiger partial charge in [-0.25, -0.2) is 0 Å². The summed E-state index contributed by atoms with van der Waals surface area (Å²) in [6.45, 7) is 3.73. The van der Waals surface area contributed by atoms with Crippen LogP contribution < -0.4 is 20.3 Å². The van der Waals surface area contributed by atoms with Crippen molar-refractivity contribution in [1.29, 1.82) is 0 Å². The number of aromatic nitrogens is 1. The third-order valence-corrected chi connectivity index (χ3v) is 6.15. The molecule has 0 aliphatic carbocycles. The third kappa shape index (κ3) is 7.59. The fourth-order valence-corrected chi connectivity index (χ4v) is 4.22. The summed E-state index contributed by atoms with van der Waals surface area (Å²) >= 11 is 0. The number of benzene rings is 2. The summed E-state index contributed by atoms with van der Waals surface area (Å²) < 4.78 is 5.70. The van der Waals surface area contributed by atoms with Crippen LogP contribution in [0.25, 0.3) is 0 Å². The van der Waals surface area contributed by atoms with Crippen LogP contribution >= 0.6 is 0 Å². The van der Waals surface area contributed by atoms with E-state index in [2.05, 4.69) is 44.8 Å².